The van der Waals surface area contributed by atoms with Crippen molar-refractivity contribution in [3.63, 3.8) is 0 Å². The summed E-state index contributed by atoms with van der Waals surface area (Å²) in [7, 11) is 3.44. The first-order valence-electron chi connectivity index (χ1n) is 13.8. The van der Waals surface area contributed by atoms with Gasteiger partial charge in [-0.25, -0.2) is 0 Å². The number of fused-ring (bicyclic) bond motifs is 5. The summed E-state index contributed by atoms with van der Waals surface area (Å²) in [5.41, 5.74) is 5.32. The molecule has 0 atom stereocenters. The fourth-order valence-electron chi connectivity index (χ4n) is 5.87. The number of pyridine rings is 1. The zero-order valence-electron chi connectivity index (χ0n) is 22.5. The van der Waals surface area contributed by atoms with Gasteiger partial charge in [-0.3, -0.25) is 0 Å². The second kappa shape index (κ2) is 12.7. The minimum atomic E-state index is 0. The molecule has 0 saturated heterocycles. The van der Waals surface area contributed by atoms with Gasteiger partial charge in [0.05, 0.1) is 25.2 Å². The third-order valence-corrected chi connectivity index (χ3v) is 7.77. The molecule has 5 rings (SSSR count). The number of benzene rings is 2. The second-order valence-corrected chi connectivity index (χ2v) is 10.1. The number of halogens is 1. The van der Waals surface area contributed by atoms with Crippen molar-refractivity contribution in [1.29, 1.82) is 0 Å². The minimum absolute atomic E-state index is 0. The highest BCUT2D eigenvalue weighted by Gasteiger charge is 2.32. The van der Waals surface area contributed by atoms with E-state index >= 15 is 0 Å². The van der Waals surface area contributed by atoms with Gasteiger partial charge in [-0.15, -0.1) is 0 Å². The van der Waals surface area contributed by atoms with Crippen LogP contribution in [0.15, 0.2) is 30.5 Å². The second-order valence-electron chi connectivity index (χ2n) is 10.1. The summed E-state index contributed by atoms with van der Waals surface area (Å²) in [5.74, 6) is 3.31. The predicted octanol–water partition coefficient (Wildman–Crippen LogP) is 4.17. The molecular weight excluding hydrogens is 486 g/mol. The van der Waals surface area contributed by atoms with Gasteiger partial charge in [0, 0.05) is 17.4 Å². The molecule has 5 nitrogen and oxygen atoms in total. The van der Waals surface area contributed by atoms with Crippen LogP contribution in [0.5, 0.6) is 23.0 Å². The first-order chi connectivity index (χ1) is 17.7. The van der Waals surface area contributed by atoms with Crippen molar-refractivity contribution in [3.8, 4) is 34.3 Å². The maximum atomic E-state index is 5.85. The van der Waals surface area contributed by atoms with E-state index in [0.717, 1.165) is 47.8 Å². The van der Waals surface area contributed by atoms with Crippen molar-refractivity contribution in [3.05, 3.63) is 41.6 Å². The van der Waals surface area contributed by atoms with Gasteiger partial charge >= 0.3 is 0 Å². The van der Waals surface area contributed by atoms with Crippen LogP contribution in [0.4, 0.5) is 0 Å². The van der Waals surface area contributed by atoms with Crippen LogP contribution < -0.4 is 35.9 Å². The van der Waals surface area contributed by atoms with Crippen molar-refractivity contribution < 1.29 is 35.9 Å². The maximum absolute atomic E-state index is 5.85. The Labute approximate surface area is 227 Å². The van der Waals surface area contributed by atoms with Crippen LogP contribution in [-0.4, -0.2) is 21.0 Å². The molecule has 2 aliphatic heterocycles. The van der Waals surface area contributed by atoms with Crippen molar-refractivity contribution in [2.75, 3.05) is 21.0 Å². The van der Waals surface area contributed by atoms with Crippen LogP contribution in [0.2, 0.25) is 0 Å². The zero-order valence-corrected chi connectivity index (χ0v) is 23.3. The van der Waals surface area contributed by atoms with Crippen LogP contribution >= 0.6 is 0 Å². The molecule has 0 radical (unpaired) electrons. The maximum Gasteiger partial charge on any atom is 0.231 e. The Morgan fingerprint density at radius 1 is 0.838 bits per heavy atom. The molecule has 37 heavy (non-hydrogen) atoms. The highest BCUT2D eigenvalue weighted by Crippen LogP contribution is 2.44. The first kappa shape index (κ1) is 27.4. The van der Waals surface area contributed by atoms with Crippen molar-refractivity contribution in [2.24, 2.45) is 0 Å². The van der Waals surface area contributed by atoms with E-state index in [4.69, 9.17) is 18.9 Å². The molecule has 2 aromatic carbocycles. The van der Waals surface area contributed by atoms with E-state index in [-0.39, 0.29) is 12.4 Å². The third-order valence-electron chi connectivity index (χ3n) is 7.77. The van der Waals surface area contributed by atoms with Gasteiger partial charge in [0.15, 0.2) is 35.7 Å². The van der Waals surface area contributed by atoms with E-state index in [1.807, 2.05) is 6.07 Å². The van der Waals surface area contributed by atoms with Gasteiger partial charge in [0.1, 0.15) is 0 Å². The summed E-state index contributed by atoms with van der Waals surface area (Å²) in [6.07, 6.45) is 16.2. The summed E-state index contributed by atoms with van der Waals surface area (Å²) in [4.78, 5) is 0. The van der Waals surface area contributed by atoms with Crippen molar-refractivity contribution in [2.45, 2.75) is 84.1 Å². The van der Waals surface area contributed by atoms with Crippen molar-refractivity contribution in [1.82, 2.24) is 0 Å². The van der Waals surface area contributed by atoms with Gasteiger partial charge in [-0.1, -0.05) is 58.3 Å². The van der Waals surface area contributed by atoms with Gasteiger partial charge in [0.2, 0.25) is 12.5 Å². The van der Waals surface area contributed by atoms with Gasteiger partial charge in [0.25, 0.3) is 0 Å². The monoisotopic (exact) mass is 525 g/mol. The predicted molar refractivity (Wildman–Crippen MR) is 143 cm³/mol. The summed E-state index contributed by atoms with van der Waals surface area (Å²) >= 11 is 0. The summed E-state index contributed by atoms with van der Waals surface area (Å²) in [6, 6.07) is 8.63. The number of methoxy groups -OCH3 is 2. The van der Waals surface area contributed by atoms with Crippen LogP contribution in [0.1, 0.15) is 75.8 Å². The molecule has 0 aliphatic carbocycles. The lowest BCUT2D eigenvalue weighted by atomic mass is 9.89. The number of aryl methyl sites for hydroxylation is 3. The van der Waals surface area contributed by atoms with E-state index in [1.165, 1.54) is 85.6 Å². The lowest BCUT2D eigenvalue weighted by Gasteiger charge is -2.21. The van der Waals surface area contributed by atoms with E-state index < -0.39 is 0 Å². The molecule has 3 aromatic rings. The standard InChI is InChI=1S/C31H40NO4.ClH/c1-4-5-6-7-8-9-10-11-12-13-24-23-14-15-27(33-2)31(34-3)26(23)20-32-17-16-22-18-28-29(36-21-35-28)19-25(22)30(24)32;/h14-15,18-20H,4-13,16-17,21H2,1-3H3;1H/q+1;/p-1. The molecule has 0 spiro atoms. The Morgan fingerprint density at radius 3 is 2.24 bits per heavy atom. The molecule has 2 aliphatic rings. The van der Waals surface area contributed by atoms with Crippen LogP contribution in [0.25, 0.3) is 22.0 Å². The number of unbranched alkanes of at least 4 members (excludes halogenated alkanes) is 8. The summed E-state index contributed by atoms with van der Waals surface area (Å²) in [6.45, 7) is 3.52. The Morgan fingerprint density at radius 2 is 1.54 bits per heavy atom. The Balaban J connectivity index is 0.00000320. The summed E-state index contributed by atoms with van der Waals surface area (Å²) in [5, 5.41) is 2.37. The molecule has 200 valence electrons. The van der Waals surface area contributed by atoms with Gasteiger partial charge in [-0.05, 0) is 42.7 Å². The molecule has 3 heterocycles. The topological polar surface area (TPSA) is 40.8 Å². The van der Waals surface area contributed by atoms with E-state index in [2.05, 4.69) is 35.9 Å². The Bertz CT molecular complexity index is 1230. The SMILES string of the molecule is CCCCCCCCCCCc1c2[n+](cc3c(OC)c(OC)ccc13)CCc1cc3c(cc1-2)OCO3.[Cl-]. The molecule has 0 saturated carbocycles. The van der Waals surface area contributed by atoms with Crippen LogP contribution in [0.3, 0.4) is 0 Å². The average Bonchev–Trinajstić information content (AvgIpc) is 3.37. The number of ether oxygens (including phenoxy) is 4. The lowest BCUT2D eigenvalue weighted by molar-refractivity contribution is -0.686. The number of hydrogen-bond donors (Lipinski definition) is 0. The molecule has 0 unspecified atom stereocenters. The van der Waals surface area contributed by atoms with Crippen LogP contribution in [0, 0.1) is 0 Å². The Hall–Kier alpha value is -2.66. The largest absolute Gasteiger partial charge is 1.00 e. The molecule has 0 fully saturated rings. The Kier molecular flexibility index (Phi) is 9.42. The first-order valence-corrected chi connectivity index (χ1v) is 13.8. The number of nitrogens with zero attached hydrogens (tertiary/aromatic N) is 1. The quantitative estimate of drug-likeness (QED) is 0.263. The molecular formula is C31H40ClNO4. The fraction of sp³-hybridized carbons (Fsp3) is 0.516. The molecule has 0 N–H and O–H groups in total. The number of hydrogen-bond acceptors (Lipinski definition) is 4. The normalized spacial score (nSPS) is 13.2. The smallest absolute Gasteiger partial charge is 0.231 e. The zero-order chi connectivity index (χ0) is 24.9. The fourth-order valence-corrected chi connectivity index (χ4v) is 5.87. The lowest BCUT2D eigenvalue weighted by Crippen LogP contribution is -3.00. The number of aromatic nitrogens is 1. The average molecular weight is 526 g/mol. The number of rotatable bonds is 12. The highest BCUT2D eigenvalue weighted by molar-refractivity contribution is 5.95. The molecule has 1 aromatic heterocycles. The van der Waals surface area contributed by atoms with Crippen molar-refractivity contribution >= 4 is 10.8 Å². The van der Waals surface area contributed by atoms with Gasteiger partial charge in [-0.2, -0.15) is 4.57 Å². The van der Waals surface area contributed by atoms with Crippen LogP contribution in [-0.2, 0) is 19.4 Å². The third kappa shape index (κ3) is 5.62. The van der Waals surface area contributed by atoms with E-state index in [1.54, 1.807) is 14.2 Å². The summed E-state index contributed by atoms with van der Waals surface area (Å²) < 4.78 is 25.3. The van der Waals surface area contributed by atoms with Gasteiger partial charge < -0.3 is 31.4 Å². The highest BCUT2D eigenvalue weighted by atomic mass is 35.5. The molecule has 0 bridgehead atoms. The van der Waals surface area contributed by atoms with E-state index in [0.29, 0.717) is 6.79 Å². The molecule has 6 heteroatoms. The minimum Gasteiger partial charge on any atom is -1.00 e. The van der Waals surface area contributed by atoms with E-state index in [9.17, 15) is 0 Å². The molecule has 0 amide bonds.